The van der Waals surface area contributed by atoms with E-state index in [0.717, 1.165) is 16.9 Å². The van der Waals surface area contributed by atoms with Crippen LogP contribution < -0.4 is 5.32 Å². The van der Waals surface area contributed by atoms with Gasteiger partial charge in [0.05, 0.1) is 25.2 Å². The Hall–Kier alpha value is -2.25. The van der Waals surface area contributed by atoms with Crippen LogP contribution >= 0.6 is 11.3 Å². The molecule has 24 heavy (non-hydrogen) atoms. The van der Waals surface area contributed by atoms with Crippen LogP contribution in [0.5, 0.6) is 0 Å². The molecule has 0 spiro atoms. The first-order chi connectivity index (χ1) is 11.7. The predicted molar refractivity (Wildman–Crippen MR) is 90.3 cm³/mol. The number of carbonyl (C=O) groups is 2. The summed E-state index contributed by atoms with van der Waals surface area (Å²) in [5, 5.41) is 3.43. The number of rotatable bonds is 5. The lowest BCUT2D eigenvalue weighted by atomic mass is 10.1. The summed E-state index contributed by atoms with van der Waals surface area (Å²) in [4.78, 5) is 28.9. The second-order valence-corrected chi connectivity index (χ2v) is 6.67. The van der Waals surface area contributed by atoms with Gasteiger partial charge in [0, 0.05) is 24.1 Å². The van der Waals surface area contributed by atoms with Crippen LogP contribution in [-0.2, 0) is 20.7 Å². The van der Waals surface area contributed by atoms with Gasteiger partial charge in [0.25, 0.3) is 0 Å². The summed E-state index contributed by atoms with van der Waals surface area (Å²) < 4.78 is 9.96. The van der Waals surface area contributed by atoms with Gasteiger partial charge in [-0.05, 0) is 24.1 Å². The van der Waals surface area contributed by atoms with E-state index in [2.05, 4.69) is 10.3 Å². The van der Waals surface area contributed by atoms with Crippen molar-refractivity contribution in [1.29, 1.82) is 0 Å². The number of aromatic nitrogens is 1. The Kier molecular flexibility index (Phi) is 5.22. The standard InChI is InChI=1S/C17H18N2O4S/c1-22-16(21)12-4-2-3-11(7-12)8-14-9-18-17(24-14)19-15(20)13-5-6-23-10-13/h2-4,7,9,13H,5-6,8,10H2,1H3,(H,18,19,20)/t13-/m0/s1. The quantitative estimate of drug-likeness (QED) is 0.842. The van der Waals surface area contributed by atoms with Gasteiger partial charge >= 0.3 is 5.97 Å². The molecule has 6 nitrogen and oxygen atoms in total. The summed E-state index contributed by atoms with van der Waals surface area (Å²) >= 11 is 1.43. The molecule has 2 heterocycles. The lowest BCUT2D eigenvalue weighted by Gasteiger charge is -2.06. The monoisotopic (exact) mass is 346 g/mol. The molecule has 0 unspecified atom stereocenters. The highest BCUT2D eigenvalue weighted by molar-refractivity contribution is 7.15. The molecule has 1 saturated heterocycles. The van der Waals surface area contributed by atoms with E-state index in [0.29, 0.717) is 30.3 Å². The Balaban J connectivity index is 1.63. The molecule has 1 aromatic carbocycles. The first-order valence-corrected chi connectivity index (χ1v) is 8.48. The van der Waals surface area contributed by atoms with E-state index in [4.69, 9.17) is 9.47 Å². The van der Waals surface area contributed by atoms with Crippen molar-refractivity contribution in [1.82, 2.24) is 4.98 Å². The zero-order chi connectivity index (χ0) is 16.9. The summed E-state index contributed by atoms with van der Waals surface area (Å²) in [6.45, 7) is 1.11. The van der Waals surface area contributed by atoms with Crippen molar-refractivity contribution in [2.45, 2.75) is 12.8 Å². The molecule has 0 radical (unpaired) electrons. The van der Waals surface area contributed by atoms with E-state index in [1.54, 1.807) is 18.3 Å². The topological polar surface area (TPSA) is 77.5 Å². The first kappa shape index (κ1) is 16.6. The second kappa shape index (κ2) is 7.55. The molecule has 1 fully saturated rings. The van der Waals surface area contributed by atoms with Gasteiger partial charge in [-0.3, -0.25) is 4.79 Å². The molecule has 2 aromatic rings. The van der Waals surface area contributed by atoms with Crippen LogP contribution in [0.4, 0.5) is 5.13 Å². The zero-order valence-electron chi connectivity index (χ0n) is 13.3. The Morgan fingerprint density at radius 1 is 1.46 bits per heavy atom. The van der Waals surface area contributed by atoms with E-state index >= 15 is 0 Å². The molecule has 0 bridgehead atoms. The third-order valence-electron chi connectivity index (χ3n) is 3.81. The summed E-state index contributed by atoms with van der Waals surface area (Å²) in [5.74, 6) is -0.483. The number of ether oxygens (including phenoxy) is 2. The number of thiazole rings is 1. The van der Waals surface area contributed by atoms with Crippen molar-refractivity contribution in [3.05, 3.63) is 46.5 Å². The molecular formula is C17H18N2O4S. The molecule has 1 N–H and O–H groups in total. The van der Waals surface area contributed by atoms with Crippen molar-refractivity contribution in [3.63, 3.8) is 0 Å². The smallest absolute Gasteiger partial charge is 0.337 e. The average molecular weight is 346 g/mol. The van der Waals surface area contributed by atoms with Gasteiger partial charge in [-0.2, -0.15) is 0 Å². The van der Waals surface area contributed by atoms with Crippen LogP contribution in [0.2, 0.25) is 0 Å². The van der Waals surface area contributed by atoms with Crippen LogP contribution in [0.15, 0.2) is 30.5 Å². The van der Waals surface area contributed by atoms with Gasteiger partial charge in [0.1, 0.15) is 0 Å². The van der Waals surface area contributed by atoms with E-state index in [-0.39, 0.29) is 17.8 Å². The van der Waals surface area contributed by atoms with Gasteiger partial charge in [0.2, 0.25) is 5.91 Å². The van der Waals surface area contributed by atoms with Gasteiger partial charge in [-0.25, -0.2) is 9.78 Å². The van der Waals surface area contributed by atoms with E-state index in [9.17, 15) is 9.59 Å². The predicted octanol–water partition coefficient (Wildman–Crippen LogP) is 2.50. The number of nitrogens with one attached hydrogen (secondary N) is 1. The van der Waals surface area contributed by atoms with Crippen LogP contribution in [0.3, 0.4) is 0 Å². The molecule has 1 aromatic heterocycles. The number of carbonyl (C=O) groups excluding carboxylic acids is 2. The molecular weight excluding hydrogens is 328 g/mol. The SMILES string of the molecule is COC(=O)c1cccc(Cc2cnc(NC(=O)[C@H]3CCOC3)s2)c1. The maximum atomic E-state index is 12.1. The summed E-state index contributed by atoms with van der Waals surface area (Å²) in [6.07, 6.45) is 3.14. The minimum atomic E-state index is -0.354. The average Bonchev–Trinajstić information content (AvgIpc) is 3.26. The number of methoxy groups -OCH3 is 1. The van der Waals surface area contributed by atoms with E-state index in [1.165, 1.54) is 18.4 Å². The Bertz CT molecular complexity index is 738. The number of hydrogen-bond donors (Lipinski definition) is 1. The van der Waals surface area contributed by atoms with E-state index in [1.807, 2.05) is 12.1 Å². The molecule has 0 aliphatic carbocycles. The molecule has 1 aliphatic rings. The number of anilines is 1. The number of amides is 1. The summed E-state index contributed by atoms with van der Waals surface area (Å²) in [6, 6.07) is 7.29. The van der Waals surface area contributed by atoms with E-state index < -0.39 is 0 Å². The summed E-state index contributed by atoms with van der Waals surface area (Å²) in [7, 11) is 1.36. The van der Waals surface area contributed by atoms with Gasteiger partial charge in [-0.15, -0.1) is 11.3 Å². The maximum absolute atomic E-state index is 12.1. The van der Waals surface area contributed by atoms with Crippen molar-refractivity contribution in [2.24, 2.45) is 5.92 Å². The lowest BCUT2D eigenvalue weighted by Crippen LogP contribution is -2.22. The zero-order valence-corrected chi connectivity index (χ0v) is 14.1. The highest BCUT2D eigenvalue weighted by Gasteiger charge is 2.24. The van der Waals surface area contributed by atoms with Gasteiger partial charge in [-0.1, -0.05) is 12.1 Å². The van der Waals surface area contributed by atoms with Crippen molar-refractivity contribution in [3.8, 4) is 0 Å². The Morgan fingerprint density at radius 2 is 2.33 bits per heavy atom. The fraction of sp³-hybridized carbons (Fsp3) is 0.353. The lowest BCUT2D eigenvalue weighted by molar-refractivity contribution is -0.119. The van der Waals surface area contributed by atoms with Crippen LogP contribution in [0, 0.1) is 5.92 Å². The van der Waals surface area contributed by atoms with Gasteiger partial charge in [0.15, 0.2) is 5.13 Å². The minimum absolute atomic E-state index is 0.0407. The maximum Gasteiger partial charge on any atom is 0.337 e. The second-order valence-electron chi connectivity index (χ2n) is 5.55. The minimum Gasteiger partial charge on any atom is -0.465 e. The molecule has 0 saturated carbocycles. The third kappa shape index (κ3) is 3.98. The third-order valence-corrected chi connectivity index (χ3v) is 4.72. The Labute approximate surface area is 143 Å². The highest BCUT2D eigenvalue weighted by atomic mass is 32.1. The first-order valence-electron chi connectivity index (χ1n) is 7.66. The van der Waals surface area contributed by atoms with Crippen molar-refractivity contribution in [2.75, 3.05) is 25.6 Å². The fourth-order valence-electron chi connectivity index (χ4n) is 2.52. The largest absolute Gasteiger partial charge is 0.465 e. The molecule has 1 atom stereocenters. The molecule has 3 rings (SSSR count). The molecule has 7 heteroatoms. The molecule has 1 amide bonds. The van der Waals surface area contributed by atoms with Crippen LogP contribution in [0.25, 0.3) is 0 Å². The number of esters is 1. The van der Waals surface area contributed by atoms with Gasteiger partial charge < -0.3 is 14.8 Å². The van der Waals surface area contributed by atoms with Crippen molar-refractivity contribution >= 4 is 28.3 Å². The number of nitrogens with zero attached hydrogens (tertiary/aromatic N) is 1. The molecule has 1 aliphatic heterocycles. The number of hydrogen-bond acceptors (Lipinski definition) is 6. The van der Waals surface area contributed by atoms with Crippen LogP contribution in [-0.4, -0.2) is 37.2 Å². The normalized spacial score (nSPS) is 16.8. The number of benzene rings is 1. The Morgan fingerprint density at radius 3 is 3.08 bits per heavy atom. The fourth-order valence-corrected chi connectivity index (χ4v) is 3.37. The summed E-state index contributed by atoms with van der Waals surface area (Å²) in [5.41, 5.74) is 1.51. The molecule has 126 valence electrons. The van der Waals surface area contributed by atoms with Crippen LogP contribution in [0.1, 0.15) is 27.2 Å². The highest BCUT2D eigenvalue weighted by Crippen LogP contribution is 2.23. The van der Waals surface area contributed by atoms with Crippen molar-refractivity contribution < 1.29 is 19.1 Å².